The summed E-state index contributed by atoms with van der Waals surface area (Å²) in [6, 6.07) is 10.2. The third-order valence-electron chi connectivity index (χ3n) is 3.38. The molecular weight excluding hydrogens is 316 g/mol. The summed E-state index contributed by atoms with van der Waals surface area (Å²) in [4.78, 5) is 4.29. The topological polar surface area (TPSA) is 49.2 Å². The fourth-order valence-electron chi connectivity index (χ4n) is 2.37. The second kappa shape index (κ2) is 7.08. The van der Waals surface area contributed by atoms with E-state index in [1.807, 2.05) is 18.3 Å². The van der Waals surface area contributed by atoms with E-state index in [9.17, 15) is 8.78 Å². The third kappa shape index (κ3) is 3.68. The Hall–Kier alpha value is -2.96. The molecule has 3 rings (SSSR count). The van der Waals surface area contributed by atoms with E-state index in [2.05, 4.69) is 14.8 Å². The van der Waals surface area contributed by atoms with Crippen molar-refractivity contribution in [3.63, 3.8) is 0 Å². The van der Waals surface area contributed by atoms with E-state index in [0.29, 0.717) is 23.6 Å². The lowest BCUT2D eigenvalue weighted by Gasteiger charge is -2.12. The zero-order valence-corrected chi connectivity index (χ0v) is 12.9. The van der Waals surface area contributed by atoms with Crippen LogP contribution in [0.1, 0.15) is 5.56 Å². The Labute approximate surface area is 137 Å². The normalized spacial score (nSPS) is 10.8. The molecule has 0 saturated carbocycles. The molecule has 7 heteroatoms. The molecule has 0 radical (unpaired) electrons. The van der Waals surface area contributed by atoms with Gasteiger partial charge in [-0.1, -0.05) is 12.1 Å². The predicted molar refractivity (Wildman–Crippen MR) is 84.2 cm³/mol. The first-order valence-corrected chi connectivity index (χ1v) is 7.21. The van der Waals surface area contributed by atoms with Crippen molar-refractivity contribution in [2.45, 2.75) is 13.2 Å². The molecule has 0 saturated heterocycles. The number of hydrogen-bond acceptors (Lipinski definition) is 4. The van der Waals surface area contributed by atoms with E-state index < -0.39 is 6.61 Å². The molecule has 3 aromatic rings. The highest BCUT2D eigenvalue weighted by Gasteiger charge is 2.11. The van der Waals surface area contributed by atoms with Gasteiger partial charge in [0.05, 0.1) is 13.7 Å². The molecule has 0 aliphatic rings. The summed E-state index contributed by atoms with van der Waals surface area (Å²) < 4.78 is 36.3. The molecule has 2 heterocycles. The van der Waals surface area contributed by atoms with Crippen LogP contribution in [0.4, 0.5) is 8.78 Å². The van der Waals surface area contributed by atoms with Crippen molar-refractivity contribution >= 4 is 0 Å². The van der Waals surface area contributed by atoms with Gasteiger partial charge in [-0.05, 0) is 35.4 Å². The number of alkyl halides is 2. The van der Waals surface area contributed by atoms with Gasteiger partial charge in [0.15, 0.2) is 0 Å². The third-order valence-corrected chi connectivity index (χ3v) is 3.38. The minimum absolute atomic E-state index is 0.0852. The highest BCUT2D eigenvalue weighted by Crippen LogP contribution is 2.31. The summed E-state index contributed by atoms with van der Waals surface area (Å²) in [7, 11) is 1.51. The Morgan fingerprint density at radius 2 is 2.08 bits per heavy atom. The van der Waals surface area contributed by atoms with Crippen LogP contribution >= 0.6 is 0 Å². The van der Waals surface area contributed by atoms with Crippen molar-refractivity contribution in [2.24, 2.45) is 0 Å². The van der Waals surface area contributed by atoms with E-state index in [1.165, 1.54) is 19.2 Å². The van der Waals surface area contributed by atoms with Crippen LogP contribution in [0.15, 0.2) is 55.0 Å². The highest BCUT2D eigenvalue weighted by atomic mass is 19.3. The van der Waals surface area contributed by atoms with Gasteiger partial charge in [0.25, 0.3) is 0 Å². The molecule has 2 aromatic heterocycles. The molecule has 0 amide bonds. The van der Waals surface area contributed by atoms with Gasteiger partial charge in [-0.2, -0.15) is 13.9 Å². The number of methoxy groups -OCH3 is 1. The van der Waals surface area contributed by atoms with Crippen LogP contribution in [0.3, 0.4) is 0 Å². The maximum atomic E-state index is 12.4. The van der Waals surface area contributed by atoms with Crippen LogP contribution in [0, 0.1) is 0 Å². The Balaban J connectivity index is 1.96. The van der Waals surface area contributed by atoms with Crippen LogP contribution in [0.5, 0.6) is 11.6 Å². The molecule has 0 spiro atoms. The molecule has 5 nitrogen and oxygen atoms in total. The van der Waals surface area contributed by atoms with E-state index in [1.54, 1.807) is 29.2 Å². The van der Waals surface area contributed by atoms with Gasteiger partial charge < -0.3 is 9.47 Å². The highest BCUT2D eigenvalue weighted by molar-refractivity contribution is 5.70. The summed E-state index contributed by atoms with van der Waals surface area (Å²) >= 11 is 0. The van der Waals surface area contributed by atoms with Crippen LogP contribution in [0.2, 0.25) is 0 Å². The van der Waals surface area contributed by atoms with Gasteiger partial charge in [-0.15, -0.1) is 0 Å². The maximum absolute atomic E-state index is 12.4. The molecule has 0 unspecified atom stereocenters. The van der Waals surface area contributed by atoms with Gasteiger partial charge in [0.1, 0.15) is 5.75 Å². The van der Waals surface area contributed by atoms with Gasteiger partial charge in [0, 0.05) is 24.2 Å². The minimum atomic E-state index is -2.87. The number of hydrogen-bond donors (Lipinski definition) is 0. The van der Waals surface area contributed by atoms with E-state index in [-0.39, 0.29) is 5.75 Å². The molecule has 0 N–H and O–H groups in total. The van der Waals surface area contributed by atoms with Crippen LogP contribution in [-0.2, 0) is 6.54 Å². The molecule has 0 bridgehead atoms. The number of nitrogens with zero attached hydrogens (tertiary/aromatic N) is 3. The number of ether oxygens (including phenoxy) is 2. The van der Waals surface area contributed by atoms with Gasteiger partial charge in [-0.3, -0.25) is 4.68 Å². The average Bonchev–Trinajstić information content (AvgIpc) is 3.07. The lowest BCUT2D eigenvalue weighted by atomic mass is 10.0. The largest absolute Gasteiger partial charge is 0.481 e. The standard InChI is InChI=1S/C17H15F2N3O2/c1-23-16-15(13-4-2-5-14(9-13)24-17(18)19)8-12(10-20-16)11-22-7-3-6-21-22/h2-10,17H,11H2,1H3. The predicted octanol–water partition coefficient (Wildman–Crippen LogP) is 3.60. The lowest BCUT2D eigenvalue weighted by molar-refractivity contribution is -0.0498. The van der Waals surface area contributed by atoms with Crippen LogP contribution in [-0.4, -0.2) is 28.5 Å². The van der Waals surface area contributed by atoms with Crippen LogP contribution in [0.25, 0.3) is 11.1 Å². The molecule has 0 aliphatic heterocycles. The van der Waals surface area contributed by atoms with Crippen molar-refractivity contribution < 1.29 is 18.3 Å². The molecule has 1 aromatic carbocycles. The van der Waals surface area contributed by atoms with Crippen molar-refractivity contribution in [1.29, 1.82) is 0 Å². The second-order valence-electron chi connectivity index (χ2n) is 5.01. The summed E-state index contributed by atoms with van der Waals surface area (Å²) in [6.45, 7) is -2.32. The number of halogens is 2. The Kier molecular flexibility index (Phi) is 4.69. The SMILES string of the molecule is COc1ncc(Cn2cccn2)cc1-c1cccc(OC(F)F)c1. The summed E-state index contributed by atoms with van der Waals surface area (Å²) in [5.41, 5.74) is 2.29. The first-order chi connectivity index (χ1) is 11.7. The smallest absolute Gasteiger partial charge is 0.387 e. The summed E-state index contributed by atoms with van der Waals surface area (Å²) in [5.74, 6) is 0.496. The van der Waals surface area contributed by atoms with Crippen molar-refractivity contribution in [3.8, 4) is 22.8 Å². The van der Waals surface area contributed by atoms with E-state index in [0.717, 1.165) is 5.56 Å². The Morgan fingerprint density at radius 3 is 2.79 bits per heavy atom. The van der Waals surface area contributed by atoms with Crippen molar-refractivity contribution in [2.75, 3.05) is 7.11 Å². The number of aromatic nitrogens is 3. The molecule has 0 atom stereocenters. The average molecular weight is 331 g/mol. The fraction of sp³-hybridized carbons (Fsp3) is 0.176. The van der Waals surface area contributed by atoms with Crippen molar-refractivity contribution in [1.82, 2.24) is 14.8 Å². The number of benzene rings is 1. The Bertz CT molecular complexity index is 807. The second-order valence-corrected chi connectivity index (χ2v) is 5.01. The number of rotatable bonds is 6. The monoisotopic (exact) mass is 331 g/mol. The van der Waals surface area contributed by atoms with E-state index >= 15 is 0 Å². The van der Waals surface area contributed by atoms with E-state index in [4.69, 9.17) is 4.74 Å². The molecule has 124 valence electrons. The van der Waals surface area contributed by atoms with Crippen LogP contribution < -0.4 is 9.47 Å². The lowest BCUT2D eigenvalue weighted by Crippen LogP contribution is -2.03. The van der Waals surface area contributed by atoms with Gasteiger partial charge >= 0.3 is 6.61 Å². The zero-order chi connectivity index (χ0) is 16.9. The Morgan fingerprint density at radius 1 is 1.21 bits per heavy atom. The molecular formula is C17H15F2N3O2. The number of pyridine rings is 1. The zero-order valence-electron chi connectivity index (χ0n) is 12.9. The summed E-state index contributed by atoms with van der Waals surface area (Å²) in [6.07, 6.45) is 5.24. The first-order valence-electron chi connectivity index (χ1n) is 7.21. The fourth-order valence-corrected chi connectivity index (χ4v) is 2.37. The molecule has 0 aliphatic carbocycles. The minimum Gasteiger partial charge on any atom is -0.481 e. The maximum Gasteiger partial charge on any atom is 0.387 e. The molecule has 0 fully saturated rings. The first kappa shape index (κ1) is 15.9. The van der Waals surface area contributed by atoms with Crippen molar-refractivity contribution in [3.05, 3.63) is 60.6 Å². The quantitative estimate of drug-likeness (QED) is 0.692. The summed E-state index contributed by atoms with van der Waals surface area (Å²) in [5, 5.41) is 4.16. The van der Waals surface area contributed by atoms with Gasteiger partial charge in [-0.25, -0.2) is 4.98 Å². The van der Waals surface area contributed by atoms with Gasteiger partial charge in [0.2, 0.25) is 5.88 Å². The molecule has 24 heavy (non-hydrogen) atoms.